The summed E-state index contributed by atoms with van der Waals surface area (Å²) in [7, 11) is 3.35. The van der Waals surface area contributed by atoms with E-state index in [1.54, 1.807) is 14.2 Å². The number of aromatic nitrogens is 4. The molecule has 0 amide bonds. The Morgan fingerprint density at radius 3 is 2.12 bits per heavy atom. The Bertz CT molecular complexity index is 1000. The first-order valence-corrected chi connectivity index (χ1v) is 10.8. The van der Waals surface area contributed by atoms with Gasteiger partial charge in [-0.15, -0.1) is 24.1 Å². The van der Waals surface area contributed by atoms with Gasteiger partial charge in [0, 0.05) is 32.7 Å². The molecule has 8 nitrogen and oxygen atoms in total. The van der Waals surface area contributed by atoms with E-state index in [2.05, 4.69) is 44.0 Å². The summed E-state index contributed by atoms with van der Waals surface area (Å²) >= 11 is 0. The van der Waals surface area contributed by atoms with Crippen LogP contribution in [0, 0.1) is 0 Å². The Kier molecular flexibility index (Phi) is 8.82. The summed E-state index contributed by atoms with van der Waals surface area (Å²) in [6.07, 6.45) is 1.96. The molecule has 1 atom stereocenters. The monoisotopic (exact) mass is 470 g/mol. The smallest absolute Gasteiger partial charge is 0.173 e. The summed E-state index contributed by atoms with van der Waals surface area (Å²) in [5, 5.41) is 12.8. The van der Waals surface area contributed by atoms with Crippen LogP contribution in [0.2, 0.25) is 0 Å². The Balaban J connectivity index is 0.00000306. The molecule has 1 aliphatic rings. The molecule has 0 saturated carbocycles. The Labute approximate surface area is 201 Å². The number of hydrogen-bond donors (Lipinski definition) is 0. The van der Waals surface area contributed by atoms with Gasteiger partial charge in [0.2, 0.25) is 0 Å². The Morgan fingerprint density at radius 2 is 1.55 bits per heavy atom. The van der Waals surface area contributed by atoms with Crippen molar-refractivity contribution in [3.63, 3.8) is 0 Å². The van der Waals surface area contributed by atoms with Gasteiger partial charge in [-0.2, -0.15) is 0 Å². The molecule has 0 radical (unpaired) electrons. The topological polar surface area (TPSA) is 68.5 Å². The van der Waals surface area contributed by atoms with Crippen LogP contribution in [0.1, 0.15) is 23.0 Å². The van der Waals surface area contributed by atoms with Crippen molar-refractivity contribution in [1.82, 2.24) is 30.0 Å². The van der Waals surface area contributed by atoms with E-state index in [-0.39, 0.29) is 18.4 Å². The third-order valence-corrected chi connectivity index (χ3v) is 5.89. The lowest BCUT2D eigenvalue weighted by Gasteiger charge is -2.38. The zero-order valence-electron chi connectivity index (χ0n) is 19.1. The maximum Gasteiger partial charge on any atom is 0.173 e. The predicted octanol–water partition coefficient (Wildman–Crippen LogP) is 3.05. The van der Waals surface area contributed by atoms with Crippen molar-refractivity contribution in [3.05, 3.63) is 78.1 Å². The molecule has 1 aromatic heterocycles. The first-order chi connectivity index (χ1) is 15.7. The van der Waals surface area contributed by atoms with Gasteiger partial charge in [0.25, 0.3) is 0 Å². The van der Waals surface area contributed by atoms with Gasteiger partial charge in [-0.1, -0.05) is 30.3 Å². The van der Waals surface area contributed by atoms with Crippen molar-refractivity contribution in [3.8, 4) is 11.5 Å². The molecule has 176 valence electrons. The van der Waals surface area contributed by atoms with Crippen LogP contribution in [0.25, 0.3) is 0 Å². The van der Waals surface area contributed by atoms with Gasteiger partial charge in [-0.05, 0) is 45.8 Å². The summed E-state index contributed by atoms with van der Waals surface area (Å²) in [6, 6.07) is 16.2. The van der Waals surface area contributed by atoms with Gasteiger partial charge in [0.1, 0.15) is 11.5 Å². The molecule has 0 N–H and O–H groups in total. The number of rotatable bonds is 9. The van der Waals surface area contributed by atoms with E-state index in [0.717, 1.165) is 61.2 Å². The highest BCUT2D eigenvalue weighted by Gasteiger charge is 2.30. The number of ether oxygens (including phenoxy) is 2. The molecule has 0 spiro atoms. The summed E-state index contributed by atoms with van der Waals surface area (Å²) in [5.41, 5.74) is 2.26. The van der Waals surface area contributed by atoms with Crippen LogP contribution in [-0.4, -0.2) is 77.0 Å². The molecule has 1 fully saturated rings. The van der Waals surface area contributed by atoms with E-state index in [4.69, 9.17) is 9.47 Å². The number of halogens is 1. The first kappa shape index (κ1) is 24.7. The van der Waals surface area contributed by atoms with Crippen molar-refractivity contribution in [1.29, 1.82) is 0 Å². The van der Waals surface area contributed by atoms with Crippen LogP contribution in [0.15, 0.2) is 61.2 Å². The fourth-order valence-corrected chi connectivity index (χ4v) is 4.12. The maximum absolute atomic E-state index is 5.36. The highest BCUT2D eigenvalue weighted by Crippen LogP contribution is 2.30. The van der Waals surface area contributed by atoms with Crippen LogP contribution in [0.4, 0.5) is 0 Å². The summed E-state index contributed by atoms with van der Waals surface area (Å²) < 4.78 is 12.5. The number of methoxy groups -OCH3 is 2. The first-order valence-electron chi connectivity index (χ1n) is 10.8. The van der Waals surface area contributed by atoms with Gasteiger partial charge >= 0.3 is 0 Å². The molecule has 0 aliphatic carbocycles. The molecule has 9 heteroatoms. The minimum absolute atomic E-state index is 0. The molecule has 0 bridgehead atoms. The van der Waals surface area contributed by atoms with Crippen LogP contribution >= 0.6 is 12.4 Å². The van der Waals surface area contributed by atoms with Crippen LogP contribution < -0.4 is 9.47 Å². The number of nitrogens with zero attached hydrogens (tertiary/aromatic N) is 6. The summed E-state index contributed by atoms with van der Waals surface area (Å²) in [5.74, 6) is 2.50. The average molecular weight is 471 g/mol. The van der Waals surface area contributed by atoms with Crippen molar-refractivity contribution in [2.45, 2.75) is 12.6 Å². The van der Waals surface area contributed by atoms with Crippen LogP contribution in [0.3, 0.4) is 0 Å². The van der Waals surface area contributed by atoms with Crippen molar-refractivity contribution in [2.75, 3.05) is 46.9 Å². The number of tetrazole rings is 1. The SMILES string of the molecule is C=CCN1CCN(C(c2ccc(OC)cc2)c2nnnn2Cc2ccc(OC)cc2)CC1.Cl. The van der Waals surface area contributed by atoms with E-state index in [1.165, 1.54) is 0 Å². The van der Waals surface area contributed by atoms with Crippen molar-refractivity contribution < 1.29 is 9.47 Å². The lowest BCUT2D eigenvalue weighted by molar-refractivity contribution is 0.112. The quantitative estimate of drug-likeness (QED) is 0.445. The molecule has 2 aromatic carbocycles. The number of hydrogen-bond acceptors (Lipinski definition) is 7. The van der Waals surface area contributed by atoms with E-state index in [1.807, 2.05) is 47.2 Å². The third kappa shape index (κ3) is 5.90. The minimum atomic E-state index is -0.0416. The van der Waals surface area contributed by atoms with Crippen molar-refractivity contribution >= 4 is 12.4 Å². The average Bonchev–Trinajstić information content (AvgIpc) is 3.29. The van der Waals surface area contributed by atoms with Gasteiger partial charge in [-0.3, -0.25) is 9.80 Å². The molecule has 4 rings (SSSR count). The second kappa shape index (κ2) is 11.8. The minimum Gasteiger partial charge on any atom is -0.497 e. The van der Waals surface area contributed by atoms with Gasteiger partial charge < -0.3 is 9.47 Å². The fourth-order valence-electron chi connectivity index (χ4n) is 4.12. The predicted molar refractivity (Wildman–Crippen MR) is 130 cm³/mol. The molecular formula is C24H31ClN6O2. The molecule has 1 aliphatic heterocycles. The number of benzene rings is 2. The summed E-state index contributed by atoms with van der Waals surface area (Å²) in [4.78, 5) is 4.87. The van der Waals surface area contributed by atoms with Crippen LogP contribution in [0.5, 0.6) is 11.5 Å². The van der Waals surface area contributed by atoms with E-state index in [9.17, 15) is 0 Å². The molecule has 3 aromatic rings. The van der Waals surface area contributed by atoms with E-state index < -0.39 is 0 Å². The van der Waals surface area contributed by atoms with Crippen molar-refractivity contribution in [2.24, 2.45) is 0 Å². The lowest BCUT2D eigenvalue weighted by Crippen LogP contribution is -2.48. The fraction of sp³-hybridized carbons (Fsp3) is 0.375. The molecule has 33 heavy (non-hydrogen) atoms. The molecular weight excluding hydrogens is 440 g/mol. The Morgan fingerprint density at radius 1 is 0.939 bits per heavy atom. The Hall–Kier alpha value is -2.94. The normalized spacial score (nSPS) is 15.5. The van der Waals surface area contributed by atoms with E-state index >= 15 is 0 Å². The third-order valence-electron chi connectivity index (χ3n) is 5.89. The lowest BCUT2D eigenvalue weighted by atomic mass is 10.0. The second-order valence-electron chi connectivity index (χ2n) is 7.84. The molecule has 1 unspecified atom stereocenters. The zero-order chi connectivity index (χ0) is 22.3. The second-order valence-corrected chi connectivity index (χ2v) is 7.84. The maximum atomic E-state index is 5.36. The summed E-state index contributed by atoms with van der Waals surface area (Å²) in [6.45, 7) is 9.21. The standard InChI is InChI=1S/C24H30N6O2.ClH/c1-4-13-28-14-16-29(17-15-28)23(20-7-11-22(32-3)12-8-20)24-25-26-27-30(24)18-19-5-9-21(31-2)10-6-19;/h4-12,23H,1,13-18H2,2-3H3;1H. The zero-order valence-corrected chi connectivity index (χ0v) is 19.9. The highest BCUT2D eigenvalue weighted by molar-refractivity contribution is 5.85. The van der Waals surface area contributed by atoms with Gasteiger partial charge in [0.05, 0.1) is 26.8 Å². The number of piperazine rings is 1. The molecule has 2 heterocycles. The largest absolute Gasteiger partial charge is 0.497 e. The van der Waals surface area contributed by atoms with Crippen LogP contribution in [-0.2, 0) is 6.54 Å². The van der Waals surface area contributed by atoms with E-state index in [0.29, 0.717) is 6.54 Å². The van der Waals surface area contributed by atoms with Gasteiger partial charge in [-0.25, -0.2) is 4.68 Å². The van der Waals surface area contributed by atoms with Gasteiger partial charge in [0.15, 0.2) is 5.82 Å². The highest BCUT2D eigenvalue weighted by atomic mass is 35.5. The molecule has 1 saturated heterocycles.